The topological polar surface area (TPSA) is 49.4 Å². The minimum absolute atomic E-state index is 0. The molecule has 9 heteroatoms. The van der Waals surface area contributed by atoms with Crippen molar-refractivity contribution in [3.8, 4) is 0 Å². The summed E-state index contributed by atoms with van der Waals surface area (Å²) in [4.78, 5) is 1.91. The highest BCUT2D eigenvalue weighted by atomic mass is 35.5. The molecule has 1 N–H and O–H groups in total. The number of hydrogen-bond acceptors (Lipinski definition) is 3. The monoisotopic (exact) mass is 358 g/mol. The van der Waals surface area contributed by atoms with Crippen LogP contribution in [0.15, 0.2) is 18.2 Å². The van der Waals surface area contributed by atoms with Gasteiger partial charge in [-0.3, -0.25) is 4.72 Å². The summed E-state index contributed by atoms with van der Waals surface area (Å²) in [5.41, 5.74) is -0.392. The summed E-state index contributed by atoms with van der Waals surface area (Å²) in [7, 11) is -3.64. The second kappa shape index (κ2) is 6.95. The molecule has 1 heterocycles. The lowest BCUT2D eigenvalue weighted by Crippen LogP contribution is -2.30. The number of halogens is 4. The van der Waals surface area contributed by atoms with Crippen molar-refractivity contribution in [2.24, 2.45) is 0 Å². The molecule has 126 valence electrons. The molecule has 22 heavy (non-hydrogen) atoms. The first-order valence-electron chi connectivity index (χ1n) is 6.61. The van der Waals surface area contributed by atoms with Crippen LogP contribution in [0.4, 0.5) is 24.5 Å². The summed E-state index contributed by atoms with van der Waals surface area (Å²) in [6.45, 7) is 1.42. The molecule has 4 nitrogen and oxygen atoms in total. The molecule has 0 unspecified atom stereocenters. The van der Waals surface area contributed by atoms with Crippen molar-refractivity contribution >= 4 is 33.8 Å². The van der Waals surface area contributed by atoms with Crippen LogP contribution in [0, 0.1) is 0 Å². The predicted molar refractivity (Wildman–Crippen MR) is 83.2 cm³/mol. The lowest BCUT2D eigenvalue weighted by Gasteiger charge is -2.31. The molecule has 2 rings (SSSR count). The molecule has 0 atom stereocenters. The first-order chi connectivity index (χ1) is 9.67. The summed E-state index contributed by atoms with van der Waals surface area (Å²) in [6.07, 6.45) is -0.619. The third-order valence-electron chi connectivity index (χ3n) is 3.32. The number of anilines is 2. The van der Waals surface area contributed by atoms with Gasteiger partial charge in [0.25, 0.3) is 0 Å². The molecule has 1 aliphatic heterocycles. The fraction of sp³-hybridized carbons (Fsp3) is 0.538. The lowest BCUT2D eigenvalue weighted by atomic mass is 10.1. The molecule has 0 aromatic heterocycles. The fourth-order valence-electron chi connectivity index (χ4n) is 2.40. The van der Waals surface area contributed by atoms with Gasteiger partial charge in [-0.15, -0.1) is 12.4 Å². The van der Waals surface area contributed by atoms with E-state index in [1.54, 1.807) is 0 Å². The zero-order valence-corrected chi connectivity index (χ0v) is 13.6. The standard InChI is InChI=1S/C13H17F3N2O2S.ClH/c1-21(19,20)17-11-9-10(13(14,15)16)5-6-12(11)18-7-3-2-4-8-18;/h5-6,9,17H,2-4,7-8H2,1H3;1H. The highest BCUT2D eigenvalue weighted by Crippen LogP contribution is 2.36. The fourth-order valence-corrected chi connectivity index (χ4v) is 2.97. The summed E-state index contributed by atoms with van der Waals surface area (Å²) in [5.74, 6) is 0. The molecule has 1 aliphatic rings. The highest BCUT2D eigenvalue weighted by molar-refractivity contribution is 7.92. The molecule has 1 aromatic rings. The number of rotatable bonds is 3. The minimum Gasteiger partial charge on any atom is -0.370 e. The van der Waals surface area contributed by atoms with Crippen LogP contribution in [0.25, 0.3) is 0 Å². The van der Waals surface area contributed by atoms with Gasteiger partial charge >= 0.3 is 6.18 Å². The molecule has 0 bridgehead atoms. The quantitative estimate of drug-likeness (QED) is 0.899. The predicted octanol–water partition coefficient (Wildman–Crippen LogP) is 3.49. The Bertz CT molecular complexity index is 614. The van der Waals surface area contributed by atoms with Gasteiger partial charge in [0.05, 0.1) is 23.2 Å². The van der Waals surface area contributed by atoms with E-state index in [0.29, 0.717) is 18.8 Å². The number of hydrogen-bond donors (Lipinski definition) is 1. The van der Waals surface area contributed by atoms with Crippen molar-refractivity contribution < 1.29 is 21.6 Å². The summed E-state index contributed by atoms with van der Waals surface area (Å²) < 4.78 is 63.3. The number of nitrogens with zero attached hydrogens (tertiary/aromatic N) is 1. The van der Waals surface area contributed by atoms with Crippen LogP contribution < -0.4 is 9.62 Å². The van der Waals surface area contributed by atoms with Crippen LogP contribution in [0.5, 0.6) is 0 Å². The summed E-state index contributed by atoms with van der Waals surface area (Å²) >= 11 is 0. The van der Waals surface area contributed by atoms with Crippen molar-refractivity contribution in [2.75, 3.05) is 29.0 Å². The van der Waals surface area contributed by atoms with E-state index in [-0.39, 0.29) is 18.1 Å². The number of alkyl halides is 3. The molecule has 0 radical (unpaired) electrons. The number of piperidine rings is 1. The van der Waals surface area contributed by atoms with Crippen LogP contribution in [0.2, 0.25) is 0 Å². The van der Waals surface area contributed by atoms with Gasteiger partial charge in [0.1, 0.15) is 0 Å². The Kier molecular flexibility index (Phi) is 5.97. The Morgan fingerprint density at radius 3 is 2.23 bits per heavy atom. The van der Waals surface area contributed by atoms with Crippen LogP contribution in [0.1, 0.15) is 24.8 Å². The van der Waals surface area contributed by atoms with Crippen LogP contribution in [-0.2, 0) is 16.2 Å². The Hall–Kier alpha value is -1.15. The summed E-state index contributed by atoms with van der Waals surface area (Å²) in [6, 6.07) is 3.17. The first kappa shape index (κ1) is 18.9. The Labute approximate surface area is 134 Å². The second-order valence-corrected chi connectivity index (χ2v) is 6.90. The van der Waals surface area contributed by atoms with Crippen molar-refractivity contribution in [2.45, 2.75) is 25.4 Å². The van der Waals surface area contributed by atoms with Gasteiger partial charge in [-0.1, -0.05) is 0 Å². The Morgan fingerprint density at radius 1 is 1.14 bits per heavy atom. The molecule has 0 saturated carbocycles. The van der Waals surface area contributed by atoms with E-state index in [1.165, 1.54) is 6.07 Å². The van der Waals surface area contributed by atoms with E-state index < -0.39 is 21.8 Å². The van der Waals surface area contributed by atoms with Crippen molar-refractivity contribution in [3.63, 3.8) is 0 Å². The number of nitrogens with one attached hydrogen (secondary N) is 1. The van der Waals surface area contributed by atoms with E-state index in [4.69, 9.17) is 0 Å². The third kappa shape index (κ3) is 4.95. The van der Waals surface area contributed by atoms with E-state index in [1.807, 2.05) is 4.90 Å². The highest BCUT2D eigenvalue weighted by Gasteiger charge is 2.32. The average molecular weight is 359 g/mol. The van der Waals surface area contributed by atoms with Gasteiger partial charge in [0.15, 0.2) is 0 Å². The maximum absolute atomic E-state index is 12.8. The molecule has 0 amide bonds. The van der Waals surface area contributed by atoms with E-state index in [9.17, 15) is 21.6 Å². The first-order valence-corrected chi connectivity index (χ1v) is 8.50. The average Bonchev–Trinajstić information content (AvgIpc) is 2.36. The molecule has 1 aromatic carbocycles. The molecule has 1 saturated heterocycles. The van der Waals surface area contributed by atoms with E-state index in [0.717, 1.165) is 37.7 Å². The zero-order valence-electron chi connectivity index (χ0n) is 12.0. The van der Waals surface area contributed by atoms with Gasteiger partial charge in [0, 0.05) is 13.1 Å². The van der Waals surface area contributed by atoms with Crippen molar-refractivity contribution in [3.05, 3.63) is 23.8 Å². The molecular formula is C13H18ClF3N2O2S. The normalized spacial score (nSPS) is 16.1. The van der Waals surface area contributed by atoms with E-state index >= 15 is 0 Å². The van der Waals surface area contributed by atoms with Gasteiger partial charge in [0.2, 0.25) is 10.0 Å². The van der Waals surface area contributed by atoms with Crippen LogP contribution in [0.3, 0.4) is 0 Å². The van der Waals surface area contributed by atoms with Gasteiger partial charge in [-0.05, 0) is 37.5 Å². The third-order valence-corrected chi connectivity index (χ3v) is 3.91. The molecule has 0 spiro atoms. The maximum Gasteiger partial charge on any atom is 0.416 e. The smallest absolute Gasteiger partial charge is 0.370 e. The molecule has 0 aliphatic carbocycles. The number of sulfonamides is 1. The second-order valence-electron chi connectivity index (χ2n) is 5.15. The molecular weight excluding hydrogens is 341 g/mol. The van der Waals surface area contributed by atoms with Crippen LogP contribution >= 0.6 is 12.4 Å². The largest absolute Gasteiger partial charge is 0.416 e. The van der Waals surface area contributed by atoms with E-state index in [2.05, 4.69) is 4.72 Å². The lowest BCUT2D eigenvalue weighted by molar-refractivity contribution is -0.137. The Balaban J connectivity index is 0.00000242. The van der Waals surface area contributed by atoms with Gasteiger partial charge < -0.3 is 4.90 Å². The van der Waals surface area contributed by atoms with Crippen molar-refractivity contribution in [1.82, 2.24) is 0 Å². The van der Waals surface area contributed by atoms with Crippen LogP contribution in [-0.4, -0.2) is 27.8 Å². The maximum atomic E-state index is 12.8. The summed E-state index contributed by atoms with van der Waals surface area (Å²) in [5, 5.41) is 0. The number of benzene rings is 1. The minimum atomic E-state index is -4.51. The van der Waals surface area contributed by atoms with Gasteiger partial charge in [-0.2, -0.15) is 13.2 Å². The Morgan fingerprint density at radius 2 is 1.73 bits per heavy atom. The zero-order chi connectivity index (χ0) is 15.7. The van der Waals surface area contributed by atoms with Crippen molar-refractivity contribution in [1.29, 1.82) is 0 Å². The molecule has 1 fully saturated rings. The van der Waals surface area contributed by atoms with Gasteiger partial charge in [-0.25, -0.2) is 8.42 Å². The SMILES string of the molecule is CS(=O)(=O)Nc1cc(C(F)(F)F)ccc1N1CCCCC1.Cl.